The van der Waals surface area contributed by atoms with Crippen LogP contribution in [0.25, 0.3) is 22.0 Å². The van der Waals surface area contributed by atoms with Crippen LogP contribution >= 0.6 is 0 Å². The number of anilines is 1. The third kappa shape index (κ3) is 5.89. The molecule has 0 bridgehead atoms. The minimum Gasteiger partial charge on any atom is -0.301 e. The van der Waals surface area contributed by atoms with Crippen molar-refractivity contribution in [3.63, 3.8) is 0 Å². The van der Waals surface area contributed by atoms with Crippen LogP contribution in [-0.4, -0.2) is 34.0 Å². The van der Waals surface area contributed by atoms with E-state index in [2.05, 4.69) is 4.98 Å². The molecule has 0 aliphatic heterocycles. The quantitative estimate of drug-likeness (QED) is 0.189. The lowest BCUT2D eigenvalue weighted by atomic mass is 9.90. The number of rotatable bonds is 8. The molecule has 0 aliphatic carbocycles. The average molecular weight is 627 g/mol. The number of benzene rings is 4. The number of amides is 1. The second-order valence-electron chi connectivity index (χ2n) is 11.4. The molecule has 0 saturated heterocycles. The summed E-state index contributed by atoms with van der Waals surface area (Å²) in [6.07, 6.45) is 2.95. The summed E-state index contributed by atoms with van der Waals surface area (Å²) >= 11 is 0. The minimum absolute atomic E-state index is 0.165. The molecule has 1 heterocycles. The zero-order valence-corrected chi connectivity index (χ0v) is 26.9. The van der Waals surface area contributed by atoms with Gasteiger partial charge in [-0.1, -0.05) is 36.4 Å². The number of hydrogen-bond acceptors (Lipinski definition) is 6. The second-order valence-corrected chi connectivity index (χ2v) is 15.0. The van der Waals surface area contributed by atoms with E-state index in [1.54, 1.807) is 61.3 Å². The standard InChI is InChI=1S/C35H34N2O5S2/c1-23-13-14-26(32-22-28(35(3,4)44(5,41)42)20-27-12-9-19-36-33(27)32)21-31(23)24(2)37(34(38)25-10-7-6-8-11-25)29-15-17-30(18-16-29)43(39)40/h6-22,24,43H,1-5H3. The van der Waals surface area contributed by atoms with Gasteiger partial charge in [-0.25, -0.2) is 16.8 Å². The number of aromatic nitrogens is 1. The van der Waals surface area contributed by atoms with Crippen molar-refractivity contribution in [1.29, 1.82) is 0 Å². The van der Waals surface area contributed by atoms with Crippen LogP contribution in [0, 0.1) is 6.92 Å². The van der Waals surface area contributed by atoms with Crippen LogP contribution in [0.3, 0.4) is 0 Å². The van der Waals surface area contributed by atoms with Gasteiger partial charge in [-0.05, 0) is 111 Å². The van der Waals surface area contributed by atoms with Gasteiger partial charge >= 0.3 is 0 Å². The maximum absolute atomic E-state index is 14.0. The van der Waals surface area contributed by atoms with E-state index in [-0.39, 0.29) is 10.8 Å². The lowest BCUT2D eigenvalue weighted by molar-refractivity contribution is 0.0978. The zero-order chi connectivity index (χ0) is 31.8. The Hall–Kier alpha value is -4.34. The highest BCUT2D eigenvalue weighted by molar-refractivity contribution is 7.91. The highest BCUT2D eigenvalue weighted by Gasteiger charge is 2.33. The van der Waals surface area contributed by atoms with E-state index >= 15 is 0 Å². The Morgan fingerprint density at radius 2 is 1.57 bits per heavy atom. The molecule has 1 atom stereocenters. The van der Waals surface area contributed by atoms with Gasteiger partial charge in [-0.3, -0.25) is 9.78 Å². The molecule has 0 radical (unpaired) electrons. The monoisotopic (exact) mass is 626 g/mol. The van der Waals surface area contributed by atoms with Crippen LogP contribution in [0.15, 0.2) is 108 Å². The summed E-state index contributed by atoms with van der Waals surface area (Å²) in [5, 5.41) is 0.824. The number of carbonyl (C=O) groups is 1. The fraction of sp³-hybridized carbons (Fsp3) is 0.200. The Morgan fingerprint density at radius 3 is 2.20 bits per heavy atom. The number of fused-ring (bicyclic) bond motifs is 1. The number of hydrogen-bond donors (Lipinski definition) is 1. The number of thiol groups is 1. The first kappa shape index (κ1) is 31.1. The molecule has 5 rings (SSSR count). The normalized spacial score (nSPS) is 12.8. The van der Waals surface area contributed by atoms with Crippen LogP contribution in [0.2, 0.25) is 0 Å². The fourth-order valence-corrected chi connectivity index (χ4v) is 6.28. The summed E-state index contributed by atoms with van der Waals surface area (Å²) in [6, 6.07) is 28.3. The molecule has 0 N–H and O–H groups in total. The molecular formula is C35H34N2O5S2. The van der Waals surface area contributed by atoms with Crippen molar-refractivity contribution < 1.29 is 21.6 Å². The van der Waals surface area contributed by atoms with Gasteiger partial charge in [-0.2, -0.15) is 0 Å². The first-order valence-corrected chi connectivity index (χ1v) is 17.2. The van der Waals surface area contributed by atoms with Crippen molar-refractivity contribution in [1.82, 2.24) is 4.98 Å². The van der Waals surface area contributed by atoms with Gasteiger partial charge < -0.3 is 4.90 Å². The molecule has 0 aliphatic rings. The topological polar surface area (TPSA) is 101 Å². The maximum Gasteiger partial charge on any atom is 0.258 e. The highest BCUT2D eigenvalue weighted by Crippen LogP contribution is 2.39. The van der Waals surface area contributed by atoms with E-state index < -0.39 is 31.3 Å². The molecule has 1 aromatic heterocycles. The summed E-state index contributed by atoms with van der Waals surface area (Å²) in [6.45, 7) is 7.32. The van der Waals surface area contributed by atoms with Crippen molar-refractivity contribution in [2.24, 2.45) is 0 Å². The number of pyridine rings is 1. The molecule has 0 spiro atoms. The van der Waals surface area contributed by atoms with Crippen LogP contribution in [0.5, 0.6) is 0 Å². The summed E-state index contributed by atoms with van der Waals surface area (Å²) in [5.74, 6) is -0.230. The molecule has 1 unspecified atom stereocenters. The molecule has 7 nitrogen and oxygen atoms in total. The van der Waals surface area contributed by atoms with E-state index in [1.165, 1.54) is 18.4 Å². The molecule has 9 heteroatoms. The predicted molar refractivity (Wildman–Crippen MR) is 176 cm³/mol. The van der Waals surface area contributed by atoms with E-state index in [0.717, 1.165) is 33.2 Å². The van der Waals surface area contributed by atoms with E-state index in [9.17, 15) is 21.6 Å². The molecule has 4 aromatic carbocycles. The minimum atomic E-state index is -3.44. The van der Waals surface area contributed by atoms with Crippen molar-refractivity contribution >= 4 is 43.0 Å². The number of nitrogens with zero attached hydrogens (tertiary/aromatic N) is 2. The van der Waals surface area contributed by atoms with Gasteiger partial charge in [0.2, 0.25) is 0 Å². The van der Waals surface area contributed by atoms with Gasteiger partial charge in [0.15, 0.2) is 20.5 Å². The van der Waals surface area contributed by atoms with Crippen molar-refractivity contribution in [3.05, 3.63) is 126 Å². The summed E-state index contributed by atoms with van der Waals surface area (Å²) in [5.41, 5.74) is 5.90. The van der Waals surface area contributed by atoms with Gasteiger partial charge in [0.05, 0.1) is 21.2 Å². The lowest BCUT2D eigenvalue weighted by Crippen LogP contribution is -2.34. The number of aryl methyl sites for hydroxylation is 1. The van der Waals surface area contributed by atoms with Gasteiger partial charge in [-0.15, -0.1) is 0 Å². The highest BCUT2D eigenvalue weighted by atomic mass is 32.2. The van der Waals surface area contributed by atoms with Crippen LogP contribution in [0.1, 0.15) is 53.9 Å². The summed E-state index contributed by atoms with van der Waals surface area (Å²) in [4.78, 5) is 20.5. The molecule has 226 valence electrons. The van der Waals surface area contributed by atoms with Crippen LogP contribution in [0.4, 0.5) is 5.69 Å². The molecule has 1 amide bonds. The van der Waals surface area contributed by atoms with Gasteiger partial charge in [0, 0.05) is 34.7 Å². The SMILES string of the molecule is Cc1ccc(-c2cc(C(C)(C)S(C)(=O)=O)cc3cccnc23)cc1C(C)N(C(=O)c1ccccc1)c1ccc([SH](=O)=O)cc1. The predicted octanol–water partition coefficient (Wildman–Crippen LogP) is 6.87. The smallest absolute Gasteiger partial charge is 0.258 e. The van der Waals surface area contributed by atoms with Gasteiger partial charge in [0.25, 0.3) is 5.91 Å². The first-order chi connectivity index (χ1) is 20.8. The summed E-state index contributed by atoms with van der Waals surface area (Å²) in [7, 11) is -6.20. The largest absolute Gasteiger partial charge is 0.301 e. The third-order valence-corrected chi connectivity index (χ3v) is 11.1. The molecular weight excluding hydrogens is 593 g/mol. The Kier molecular flexibility index (Phi) is 8.46. The zero-order valence-electron chi connectivity index (χ0n) is 25.2. The van der Waals surface area contributed by atoms with Crippen LogP contribution in [-0.2, 0) is 25.3 Å². The molecule has 0 saturated carbocycles. The average Bonchev–Trinajstić information content (AvgIpc) is 3.01. The van der Waals surface area contributed by atoms with Crippen molar-refractivity contribution in [3.8, 4) is 11.1 Å². The maximum atomic E-state index is 14.0. The molecule has 44 heavy (non-hydrogen) atoms. The van der Waals surface area contributed by atoms with Crippen LogP contribution < -0.4 is 4.90 Å². The van der Waals surface area contributed by atoms with E-state index in [0.29, 0.717) is 16.8 Å². The van der Waals surface area contributed by atoms with Crippen molar-refractivity contribution in [2.45, 2.75) is 43.4 Å². The lowest BCUT2D eigenvalue weighted by Gasteiger charge is -2.31. The number of sulfone groups is 1. The Labute approximate surface area is 260 Å². The Bertz CT molecular complexity index is 2050. The fourth-order valence-electron chi connectivity index (χ4n) is 5.34. The Balaban J connectivity index is 1.68. The number of carbonyl (C=O) groups excluding carboxylic acids is 1. The second kappa shape index (κ2) is 12.0. The van der Waals surface area contributed by atoms with E-state index in [1.807, 2.05) is 62.4 Å². The Morgan fingerprint density at radius 1 is 0.886 bits per heavy atom. The molecule has 5 aromatic rings. The first-order valence-electron chi connectivity index (χ1n) is 14.1. The van der Waals surface area contributed by atoms with E-state index in [4.69, 9.17) is 0 Å². The van der Waals surface area contributed by atoms with Crippen molar-refractivity contribution in [2.75, 3.05) is 11.2 Å². The summed E-state index contributed by atoms with van der Waals surface area (Å²) < 4.78 is 47.6. The molecule has 0 fully saturated rings. The third-order valence-electron chi connectivity index (χ3n) is 8.33. The van der Waals surface area contributed by atoms with Gasteiger partial charge in [0.1, 0.15) is 0 Å².